The average molecular weight is 320 g/mol. The van der Waals surface area contributed by atoms with E-state index in [4.69, 9.17) is 0 Å². The molecule has 0 aliphatic heterocycles. The van der Waals surface area contributed by atoms with Gasteiger partial charge in [-0.05, 0) is 58.5 Å². The first-order chi connectivity index (χ1) is 12.3. The normalized spacial score (nSPS) is 10.6. The van der Waals surface area contributed by atoms with Crippen molar-refractivity contribution < 1.29 is 0 Å². The number of aryl methyl sites for hydroxylation is 1. The van der Waals surface area contributed by atoms with E-state index >= 15 is 0 Å². The number of hydrogen-bond donors (Lipinski definition) is 0. The molecule has 25 heavy (non-hydrogen) atoms. The van der Waals surface area contributed by atoms with Crippen LogP contribution >= 0.6 is 0 Å². The van der Waals surface area contributed by atoms with Gasteiger partial charge in [0.05, 0.1) is 0 Å². The summed E-state index contributed by atoms with van der Waals surface area (Å²) in [6, 6.07) is 36.7. The molecule has 0 saturated heterocycles. The molecule has 0 heterocycles. The molecule has 4 aromatic rings. The van der Waals surface area contributed by atoms with E-state index in [9.17, 15) is 0 Å². The summed E-state index contributed by atoms with van der Waals surface area (Å²) in [7, 11) is 0. The minimum atomic E-state index is 1.24. The molecule has 0 atom stereocenters. The zero-order chi connectivity index (χ0) is 17.1. The molecule has 0 aliphatic rings. The highest BCUT2D eigenvalue weighted by atomic mass is 14.1. The highest BCUT2D eigenvalue weighted by Crippen LogP contribution is 2.33. The van der Waals surface area contributed by atoms with E-state index in [1.807, 2.05) is 0 Å². The van der Waals surface area contributed by atoms with Crippen LogP contribution in [0.1, 0.15) is 5.56 Å². The van der Waals surface area contributed by atoms with Crippen LogP contribution in [0.3, 0.4) is 0 Å². The van der Waals surface area contributed by atoms with Crippen molar-refractivity contribution in [1.29, 1.82) is 0 Å². The van der Waals surface area contributed by atoms with Crippen molar-refractivity contribution in [1.82, 2.24) is 0 Å². The average Bonchev–Trinajstić information content (AvgIpc) is 2.69. The Morgan fingerprint density at radius 3 is 1.28 bits per heavy atom. The van der Waals surface area contributed by atoms with Crippen LogP contribution in [0, 0.1) is 6.92 Å². The number of hydrogen-bond acceptors (Lipinski definition) is 0. The van der Waals surface area contributed by atoms with Gasteiger partial charge in [-0.25, -0.2) is 0 Å². The van der Waals surface area contributed by atoms with E-state index in [1.54, 1.807) is 0 Å². The first-order valence-corrected chi connectivity index (χ1v) is 8.62. The highest BCUT2D eigenvalue weighted by Gasteiger charge is 2.07. The Morgan fingerprint density at radius 1 is 0.360 bits per heavy atom. The summed E-state index contributed by atoms with van der Waals surface area (Å²) >= 11 is 0. The van der Waals surface area contributed by atoms with E-state index < -0.39 is 0 Å². The second-order valence-corrected chi connectivity index (χ2v) is 6.40. The lowest BCUT2D eigenvalue weighted by atomic mass is 9.93. The second-order valence-electron chi connectivity index (χ2n) is 6.40. The SMILES string of the molecule is Cc1cccc(-c2cc(-c3ccccc3)cc(-c3ccccc3)c2)c1. The van der Waals surface area contributed by atoms with Crippen molar-refractivity contribution >= 4 is 0 Å². The summed E-state index contributed by atoms with van der Waals surface area (Å²) in [5, 5.41) is 0. The van der Waals surface area contributed by atoms with Gasteiger partial charge in [0, 0.05) is 0 Å². The maximum atomic E-state index is 2.29. The van der Waals surface area contributed by atoms with Crippen LogP contribution in [-0.4, -0.2) is 0 Å². The largest absolute Gasteiger partial charge is 0.0622 e. The second kappa shape index (κ2) is 6.78. The fourth-order valence-electron chi connectivity index (χ4n) is 3.21. The maximum Gasteiger partial charge on any atom is -0.0172 e. The summed E-state index contributed by atoms with van der Waals surface area (Å²) in [5.41, 5.74) is 8.78. The Balaban J connectivity index is 1.92. The molecule has 0 aliphatic carbocycles. The van der Waals surface area contributed by atoms with E-state index in [2.05, 4.69) is 110 Å². The molecule has 0 amide bonds. The molecule has 0 fully saturated rings. The number of benzene rings is 4. The van der Waals surface area contributed by atoms with Crippen LogP contribution in [0.4, 0.5) is 0 Å². The first kappa shape index (κ1) is 15.4. The zero-order valence-electron chi connectivity index (χ0n) is 14.3. The zero-order valence-corrected chi connectivity index (χ0v) is 14.3. The lowest BCUT2D eigenvalue weighted by Crippen LogP contribution is -1.86. The van der Waals surface area contributed by atoms with Gasteiger partial charge in [0.25, 0.3) is 0 Å². The molecule has 0 spiro atoms. The van der Waals surface area contributed by atoms with Crippen LogP contribution in [0.15, 0.2) is 103 Å². The fourth-order valence-corrected chi connectivity index (χ4v) is 3.21. The minimum Gasteiger partial charge on any atom is -0.0622 e. The maximum absolute atomic E-state index is 2.29. The van der Waals surface area contributed by atoms with Gasteiger partial charge in [-0.3, -0.25) is 0 Å². The van der Waals surface area contributed by atoms with Crippen molar-refractivity contribution in [2.24, 2.45) is 0 Å². The molecule has 0 bridgehead atoms. The van der Waals surface area contributed by atoms with Gasteiger partial charge in [0.1, 0.15) is 0 Å². The summed E-state index contributed by atoms with van der Waals surface area (Å²) in [6.07, 6.45) is 0. The molecule has 0 nitrogen and oxygen atoms in total. The van der Waals surface area contributed by atoms with Crippen LogP contribution in [0.5, 0.6) is 0 Å². The highest BCUT2D eigenvalue weighted by molar-refractivity contribution is 5.81. The molecule has 4 rings (SSSR count). The Hall–Kier alpha value is -3.12. The lowest BCUT2D eigenvalue weighted by Gasteiger charge is -2.11. The summed E-state index contributed by atoms with van der Waals surface area (Å²) in [6.45, 7) is 2.14. The predicted octanol–water partition coefficient (Wildman–Crippen LogP) is 7.00. The van der Waals surface area contributed by atoms with Gasteiger partial charge in [0.2, 0.25) is 0 Å². The molecule has 0 saturated carbocycles. The van der Waals surface area contributed by atoms with E-state index in [0.717, 1.165) is 0 Å². The van der Waals surface area contributed by atoms with Gasteiger partial charge in [-0.2, -0.15) is 0 Å². The van der Waals surface area contributed by atoms with Gasteiger partial charge in [-0.1, -0.05) is 90.5 Å². The first-order valence-electron chi connectivity index (χ1n) is 8.62. The van der Waals surface area contributed by atoms with Gasteiger partial charge in [-0.15, -0.1) is 0 Å². The van der Waals surface area contributed by atoms with Crippen LogP contribution in [0.25, 0.3) is 33.4 Å². The minimum absolute atomic E-state index is 1.24. The van der Waals surface area contributed by atoms with Crippen LogP contribution in [-0.2, 0) is 0 Å². The fraction of sp³-hybridized carbons (Fsp3) is 0.0400. The third kappa shape index (κ3) is 3.39. The molecule has 0 unspecified atom stereocenters. The summed E-state index contributed by atoms with van der Waals surface area (Å²) in [5.74, 6) is 0. The van der Waals surface area contributed by atoms with Gasteiger partial charge >= 0.3 is 0 Å². The van der Waals surface area contributed by atoms with Crippen molar-refractivity contribution in [3.05, 3.63) is 109 Å². The summed E-state index contributed by atoms with van der Waals surface area (Å²) < 4.78 is 0. The molecule has 0 heteroatoms. The molecule has 0 N–H and O–H groups in total. The Bertz CT molecular complexity index is 925. The predicted molar refractivity (Wildman–Crippen MR) is 107 cm³/mol. The molecule has 0 aromatic heterocycles. The third-order valence-electron chi connectivity index (χ3n) is 4.50. The van der Waals surface area contributed by atoms with Crippen molar-refractivity contribution in [2.75, 3.05) is 0 Å². The molecule has 0 radical (unpaired) electrons. The third-order valence-corrected chi connectivity index (χ3v) is 4.50. The van der Waals surface area contributed by atoms with E-state index in [-0.39, 0.29) is 0 Å². The number of rotatable bonds is 3. The Morgan fingerprint density at radius 2 is 0.800 bits per heavy atom. The van der Waals surface area contributed by atoms with Crippen molar-refractivity contribution in [3.63, 3.8) is 0 Å². The van der Waals surface area contributed by atoms with Crippen molar-refractivity contribution in [2.45, 2.75) is 6.92 Å². The van der Waals surface area contributed by atoms with Crippen molar-refractivity contribution in [3.8, 4) is 33.4 Å². The Labute approximate surface area is 149 Å². The Kier molecular flexibility index (Phi) is 4.18. The smallest absolute Gasteiger partial charge is 0.0172 e. The van der Waals surface area contributed by atoms with E-state index in [0.29, 0.717) is 0 Å². The van der Waals surface area contributed by atoms with E-state index in [1.165, 1.54) is 38.9 Å². The molecule has 120 valence electrons. The van der Waals surface area contributed by atoms with Gasteiger partial charge < -0.3 is 0 Å². The monoisotopic (exact) mass is 320 g/mol. The standard InChI is InChI=1S/C25H20/c1-19-9-8-14-22(15-19)25-17-23(20-10-4-2-5-11-20)16-24(18-25)21-12-6-3-7-13-21/h2-18H,1H3. The molecular formula is C25H20. The lowest BCUT2D eigenvalue weighted by molar-refractivity contribution is 1.46. The molecule has 4 aromatic carbocycles. The molecular weight excluding hydrogens is 300 g/mol. The quantitative estimate of drug-likeness (QED) is 0.381. The topological polar surface area (TPSA) is 0 Å². The van der Waals surface area contributed by atoms with Crippen LogP contribution in [0.2, 0.25) is 0 Å². The summed E-state index contributed by atoms with van der Waals surface area (Å²) in [4.78, 5) is 0. The van der Waals surface area contributed by atoms with Gasteiger partial charge in [0.15, 0.2) is 0 Å². The van der Waals surface area contributed by atoms with Crippen LogP contribution < -0.4 is 0 Å².